The van der Waals surface area contributed by atoms with Crippen LogP contribution in [0.2, 0.25) is 0 Å². The van der Waals surface area contributed by atoms with E-state index < -0.39 is 5.79 Å². The zero-order valence-electron chi connectivity index (χ0n) is 13.6. The first-order valence-electron chi connectivity index (χ1n) is 7.79. The number of ether oxygens (including phenoxy) is 1. The highest BCUT2D eigenvalue weighted by Crippen LogP contribution is 2.27. The fourth-order valence-corrected chi connectivity index (χ4v) is 2.60. The molecule has 0 fully saturated rings. The van der Waals surface area contributed by atoms with Gasteiger partial charge in [0.2, 0.25) is 5.79 Å². The van der Waals surface area contributed by atoms with Crippen LogP contribution in [0.5, 0.6) is 0 Å². The van der Waals surface area contributed by atoms with Crippen LogP contribution < -0.4 is 0 Å². The Labute approximate surface area is 128 Å². The number of rotatable bonds is 8. The van der Waals surface area contributed by atoms with E-state index in [0.29, 0.717) is 25.7 Å². The number of aliphatic hydroxyl groups is 1. The van der Waals surface area contributed by atoms with Crippen molar-refractivity contribution in [2.45, 2.75) is 59.2 Å². The van der Waals surface area contributed by atoms with Crippen LogP contribution in [0, 0.1) is 11.8 Å². The van der Waals surface area contributed by atoms with Crippen LogP contribution in [0.4, 0.5) is 0 Å². The molecule has 0 saturated carbocycles. The zero-order valence-corrected chi connectivity index (χ0v) is 13.6. The lowest BCUT2D eigenvalue weighted by atomic mass is 9.94. The van der Waals surface area contributed by atoms with Gasteiger partial charge >= 0.3 is 5.97 Å². The number of hydrogen-bond donors (Lipinski definition) is 1. The van der Waals surface area contributed by atoms with Gasteiger partial charge in [-0.15, -0.1) is 0 Å². The molecule has 0 heterocycles. The molecule has 0 saturated heterocycles. The predicted octanol–water partition coefficient (Wildman–Crippen LogP) is 3.94. The average Bonchev–Trinajstić information content (AvgIpc) is 2.35. The molecule has 0 bridgehead atoms. The summed E-state index contributed by atoms with van der Waals surface area (Å²) in [4.78, 5) is 12.0. The van der Waals surface area contributed by atoms with Crippen LogP contribution in [0.15, 0.2) is 30.3 Å². The maximum absolute atomic E-state index is 12.0. The molecule has 0 aromatic heterocycles. The number of hydrogen-bond acceptors (Lipinski definition) is 3. The van der Waals surface area contributed by atoms with Crippen molar-refractivity contribution in [1.29, 1.82) is 0 Å². The molecule has 0 aliphatic rings. The highest BCUT2D eigenvalue weighted by atomic mass is 16.7. The molecule has 0 radical (unpaired) electrons. The largest absolute Gasteiger partial charge is 0.433 e. The first-order valence-corrected chi connectivity index (χ1v) is 7.79. The van der Waals surface area contributed by atoms with Crippen LogP contribution in [-0.4, -0.2) is 16.9 Å². The number of carbonyl (C=O) groups is 1. The number of benzene rings is 1. The molecule has 1 N–H and O–H groups in total. The molecule has 0 aliphatic heterocycles. The van der Waals surface area contributed by atoms with Crippen LogP contribution in [0.1, 0.15) is 52.5 Å². The second-order valence-corrected chi connectivity index (χ2v) is 6.60. The molecule has 1 aromatic rings. The van der Waals surface area contributed by atoms with Gasteiger partial charge in [0.1, 0.15) is 0 Å². The Hall–Kier alpha value is -1.35. The van der Waals surface area contributed by atoms with E-state index in [9.17, 15) is 9.90 Å². The third-order valence-electron chi connectivity index (χ3n) is 3.22. The van der Waals surface area contributed by atoms with Gasteiger partial charge in [0.05, 0.1) is 0 Å². The van der Waals surface area contributed by atoms with E-state index in [-0.39, 0.29) is 17.8 Å². The molecular formula is C18H28O3. The van der Waals surface area contributed by atoms with E-state index in [0.717, 1.165) is 5.56 Å². The fourth-order valence-electron chi connectivity index (χ4n) is 2.60. The van der Waals surface area contributed by atoms with Crippen molar-refractivity contribution in [2.24, 2.45) is 11.8 Å². The SMILES string of the molecule is CC(C)CC(O)(CC(C)C)OC(=O)CCc1ccccc1. The van der Waals surface area contributed by atoms with Crippen molar-refractivity contribution in [1.82, 2.24) is 0 Å². The third kappa shape index (κ3) is 7.28. The van der Waals surface area contributed by atoms with Crippen molar-refractivity contribution >= 4 is 5.97 Å². The van der Waals surface area contributed by atoms with Gasteiger partial charge in [0.25, 0.3) is 0 Å². The molecule has 118 valence electrons. The lowest BCUT2D eigenvalue weighted by Gasteiger charge is -2.31. The first kappa shape index (κ1) is 17.7. The summed E-state index contributed by atoms with van der Waals surface area (Å²) in [5.41, 5.74) is 1.10. The molecule has 3 nitrogen and oxygen atoms in total. The number of aryl methyl sites for hydroxylation is 1. The zero-order chi connectivity index (χ0) is 15.9. The van der Waals surface area contributed by atoms with Gasteiger partial charge in [-0.3, -0.25) is 4.79 Å². The molecule has 0 aliphatic carbocycles. The van der Waals surface area contributed by atoms with Crippen LogP contribution in [-0.2, 0) is 16.0 Å². The maximum Gasteiger partial charge on any atom is 0.308 e. The van der Waals surface area contributed by atoms with Gasteiger partial charge in [-0.2, -0.15) is 0 Å². The highest BCUT2D eigenvalue weighted by molar-refractivity contribution is 5.70. The molecule has 21 heavy (non-hydrogen) atoms. The monoisotopic (exact) mass is 292 g/mol. The van der Waals surface area contributed by atoms with Crippen LogP contribution in [0.3, 0.4) is 0 Å². The summed E-state index contributed by atoms with van der Waals surface area (Å²) >= 11 is 0. The Bertz CT molecular complexity index is 413. The minimum atomic E-state index is -1.34. The van der Waals surface area contributed by atoms with Crippen molar-refractivity contribution in [3.05, 3.63) is 35.9 Å². The second-order valence-electron chi connectivity index (χ2n) is 6.60. The van der Waals surface area contributed by atoms with Crippen molar-refractivity contribution in [2.75, 3.05) is 0 Å². The quantitative estimate of drug-likeness (QED) is 0.583. The Kier molecular flexibility index (Phi) is 6.90. The van der Waals surface area contributed by atoms with Gasteiger partial charge in [0, 0.05) is 19.3 Å². The van der Waals surface area contributed by atoms with Crippen molar-refractivity contribution in [3.8, 4) is 0 Å². The minimum Gasteiger partial charge on any atom is -0.433 e. The van der Waals surface area contributed by atoms with Crippen molar-refractivity contribution < 1.29 is 14.6 Å². The summed E-state index contributed by atoms with van der Waals surface area (Å²) in [7, 11) is 0. The summed E-state index contributed by atoms with van der Waals surface area (Å²) in [6, 6.07) is 9.83. The molecule has 1 rings (SSSR count). The van der Waals surface area contributed by atoms with E-state index in [1.807, 2.05) is 58.0 Å². The van der Waals surface area contributed by atoms with E-state index in [1.54, 1.807) is 0 Å². The van der Waals surface area contributed by atoms with E-state index in [2.05, 4.69) is 0 Å². The van der Waals surface area contributed by atoms with E-state index >= 15 is 0 Å². The fraction of sp³-hybridized carbons (Fsp3) is 0.611. The summed E-state index contributed by atoms with van der Waals surface area (Å²) in [6.07, 6.45) is 1.88. The molecule has 3 heteroatoms. The summed E-state index contributed by atoms with van der Waals surface area (Å²) in [5.74, 6) is -1.12. The summed E-state index contributed by atoms with van der Waals surface area (Å²) in [6.45, 7) is 8.07. The van der Waals surface area contributed by atoms with Gasteiger partial charge < -0.3 is 9.84 Å². The summed E-state index contributed by atoms with van der Waals surface area (Å²) in [5, 5.41) is 10.6. The van der Waals surface area contributed by atoms with Gasteiger partial charge in [-0.1, -0.05) is 58.0 Å². The van der Waals surface area contributed by atoms with E-state index in [1.165, 1.54) is 0 Å². The molecule has 0 amide bonds. The standard InChI is InChI=1S/C18H28O3/c1-14(2)12-18(20,13-15(3)4)21-17(19)11-10-16-8-6-5-7-9-16/h5-9,14-15,20H,10-13H2,1-4H3. The second kappa shape index (κ2) is 8.18. The molecule has 1 aromatic carbocycles. The lowest BCUT2D eigenvalue weighted by Crippen LogP contribution is -2.38. The molecule has 0 spiro atoms. The minimum absolute atomic E-state index is 0.274. The first-order chi connectivity index (χ1) is 9.81. The average molecular weight is 292 g/mol. The summed E-state index contributed by atoms with van der Waals surface area (Å²) < 4.78 is 5.40. The Morgan fingerprint density at radius 1 is 1.10 bits per heavy atom. The predicted molar refractivity (Wildman–Crippen MR) is 84.7 cm³/mol. The van der Waals surface area contributed by atoms with E-state index in [4.69, 9.17) is 4.74 Å². The normalized spacial score (nSPS) is 12.0. The molecular weight excluding hydrogens is 264 g/mol. The Morgan fingerprint density at radius 3 is 2.10 bits per heavy atom. The number of esters is 1. The third-order valence-corrected chi connectivity index (χ3v) is 3.22. The van der Waals surface area contributed by atoms with Gasteiger partial charge in [-0.05, 0) is 23.8 Å². The Balaban J connectivity index is 2.55. The van der Waals surface area contributed by atoms with Crippen molar-refractivity contribution in [3.63, 3.8) is 0 Å². The highest BCUT2D eigenvalue weighted by Gasteiger charge is 2.33. The molecule has 0 atom stereocenters. The topological polar surface area (TPSA) is 46.5 Å². The van der Waals surface area contributed by atoms with Gasteiger partial charge in [-0.25, -0.2) is 0 Å². The number of carbonyl (C=O) groups excluding carboxylic acids is 1. The maximum atomic E-state index is 12.0. The van der Waals surface area contributed by atoms with Crippen LogP contribution in [0.25, 0.3) is 0 Å². The van der Waals surface area contributed by atoms with Crippen LogP contribution >= 0.6 is 0 Å². The smallest absolute Gasteiger partial charge is 0.308 e. The molecule has 0 unspecified atom stereocenters. The Morgan fingerprint density at radius 2 is 1.62 bits per heavy atom. The van der Waals surface area contributed by atoms with Gasteiger partial charge in [0.15, 0.2) is 0 Å². The lowest BCUT2D eigenvalue weighted by molar-refractivity contribution is -0.221.